The van der Waals surface area contributed by atoms with Gasteiger partial charge in [0.25, 0.3) is 0 Å². The highest BCUT2D eigenvalue weighted by atomic mass is 35.5. The van der Waals surface area contributed by atoms with Crippen LogP contribution < -0.4 is 0 Å². The first-order valence-corrected chi connectivity index (χ1v) is 6.41. The molecule has 0 heterocycles. The molecule has 0 aromatic heterocycles. The number of benzene rings is 1. The second-order valence-corrected chi connectivity index (χ2v) is 4.89. The highest BCUT2D eigenvalue weighted by molar-refractivity contribution is 6.30. The van der Waals surface area contributed by atoms with Crippen LogP contribution in [0, 0.1) is 0 Å². The van der Waals surface area contributed by atoms with Gasteiger partial charge in [-0.15, -0.1) is 0 Å². The third-order valence-corrected chi connectivity index (χ3v) is 2.81. The summed E-state index contributed by atoms with van der Waals surface area (Å²) in [7, 11) is 0. The summed E-state index contributed by atoms with van der Waals surface area (Å²) in [5.41, 5.74) is -0.480. The normalized spacial score (nSPS) is 11.9. The van der Waals surface area contributed by atoms with Gasteiger partial charge in [-0.2, -0.15) is 13.2 Å². The Labute approximate surface area is 120 Å². The van der Waals surface area contributed by atoms with Crippen LogP contribution in [-0.2, 0) is 17.5 Å². The number of alkyl halides is 3. The third kappa shape index (κ3) is 5.38. The lowest BCUT2D eigenvalue weighted by atomic mass is 10.1. The maximum absolute atomic E-state index is 12.7. The summed E-state index contributed by atoms with van der Waals surface area (Å²) in [4.78, 5) is 12.3. The molecule has 1 aromatic carbocycles. The largest absolute Gasteiger partial charge is 0.480 e. The predicted octanol–water partition coefficient (Wildman–Crippen LogP) is 3.66. The second-order valence-electron chi connectivity index (χ2n) is 4.45. The van der Waals surface area contributed by atoms with Crippen molar-refractivity contribution in [3.63, 3.8) is 0 Å². The maximum Gasteiger partial charge on any atom is 0.416 e. The van der Waals surface area contributed by atoms with E-state index in [9.17, 15) is 18.0 Å². The zero-order valence-electron chi connectivity index (χ0n) is 10.9. The first-order valence-electron chi connectivity index (χ1n) is 6.03. The van der Waals surface area contributed by atoms with Gasteiger partial charge in [-0.3, -0.25) is 9.69 Å². The number of rotatable bonds is 6. The Morgan fingerprint density at radius 2 is 2.00 bits per heavy atom. The molecule has 1 rings (SSSR count). The summed E-state index contributed by atoms with van der Waals surface area (Å²) < 4.78 is 38.0. The van der Waals surface area contributed by atoms with Crippen molar-refractivity contribution in [1.82, 2.24) is 4.90 Å². The Hall–Kier alpha value is -1.27. The Morgan fingerprint density at radius 1 is 1.35 bits per heavy atom. The van der Waals surface area contributed by atoms with Crippen LogP contribution in [0.4, 0.5) is 13.2 Å². The zero-order valence-corrected chi connectivity index (χ0v) is 11.6. The van der Waals surface area contributed by atoms with Crippen molar-refractivity contribution in [2.45, 2.75) is 26.1 Å². The van der Waals surface area contributed by atoms with Gasteiger partial charge in [0.2, 0.25) is 0 Å². The van der Waals surface area contributed by atoms with E-state index in [1.165, 1.54) is 6.07 Å². The van der Waals surface area contributed by atoms with E-state index in [0.29, 0.717) is 18.5 Å². The predicted molar refractivity (Wildman–Crippen MR) is 69.7 cm³/mol. The topological polar surface area (TPSA) is 40.5 Å². The quantitative estimate of drug-likeness (QED) is 0.872. The average molecular weight is 310 g/mol. The van der Waals surface area contributed by atoms with Gasteiger partial charge >= 0.3 is 12.1 Å². The molecule has 0 radical (unpaired) electrons. The highest BCUT2D eigenvalue weighted by Crippen LogP contribution is 2.32. The van der Waals surface area contributed by atoms with Gasteiger partial charge in [0.15, 0.2) is 0 Å². The van der Waals surface area contributed by atoms with Gasteiger partial charge in [0.1, 0.15) is 0 Å². The molecule has 112 valence electrons. The number of carboxylic acids is 1. The number of carboxylic acid groups (broad SMARTS) is 1. The number of hydrogen-bond acceptors (Lipinski definition) is 2. The van der Waals surface area contributed by atoms with Crippen molar-refractivity contribution in [2.24, 2.45) is 0 Å². The molecule has 20 heavy (non-hydrogen) atoms. The monoisotopic (exact) mass is 309 g/mol. The molecule has 7 heteroatoms. The lowest BCUT2D eigenvalue weighted by Crippen LogP contribution is -2.30. The molecule has 0 aliphatic carbocycles. The standard InChI is InChI=1S/C13H15ClF3NO2/c1-2-3-18(8-12(19)20)7-9-4-10(13(15,16)17)6-11(14)5-9/h4-6H,2-3,7-8H2,1H3,(H,19,20). The Kier molecular flexibility index (Phi) is 5.83. The fourth-order valence-electron chi connectivity index (χ4n) is 1.89. The molecular weight excluding hydrogens is 295 g/mol. The first-order chi connectivity index (χ1) is 9.22. The molecule has 0 spiro atoms. The fourth-order valence-corrected chi connectivity index (χ4v) is 2.14. The minimum Gasteiger partial charge on any atom is -0.480 e. The second kappa shape index (κ2) is 6.95. The van der Waals surface area contributed by atoms with E-state index in [0.717, 1.165) is 12.1 Å². The lowest BCUT2D eigenvalue weighted by molar-refractivity contribution is -0.139. The third-order valence-electron chi connectivity index (χ3n) is 2.59. The van der Waals surface area contributed by atoms with Crippen LogP contribution in [0.15, 0.2) is 18.2 Å². The Balaban J connectivity index is 2.94. The molecule has 0 atom stereocenters. The van der Waals surface area contributed by atoms with E-state index < -0.39 is 17.7 Å². The number of carbonyl (C=O) groups is 1. The molecule has 0 fully saturated rings. The van der Waals surface area contributed by atoms with Crippen molar-refractivity contribution in [3.05, 3.63) is 34.3 Å². The Morgan fingerprint density at radius 3 is 2.50 bits per heavy atom. The number of aliphatic carboxylic acids is 1. The minimum absolute atomic E-state index is 0.0124. The smallest absolute Gasteiger partial charge is 0.416 e. The van der Waals surface area contributed by atoms with Crippen molar-refractivity contribution in [2.75, 3.05) is 13.1 Å². The number of nitrogens with zero attached hydrogens (tertiary/aromatic N) is 1. The fraction of sp³-hybridized carbons (Fsp3) is 0.462. The molecule has 0 bridgehead atoms. The minimum atomic E-state index is -4.47. The summed E-state index contributed by atoms with van der Waals surface area (Å²) in [6, 6.07) is 3.27. The van der Waals surface area contributed by atoms with Crippen LogP contribution in [0.2, 0.25) is 5.02 Å². The summed E-state index contributed by atoms with van der Waals surface area (Å²) >= 11 is 5.69. The van der Waals surface area contributed by atoms with Gasteiger partial charge in [-0.25, -0.2) is 0 Å². The molecule has 0 aliphatic rings. The lowest BCUT2D eigenvalue weighted by Gasteiger charge is -2.20. The van der Waals surface area contributed by atoms with Crippen molar-refractivity contribution >= 4 is 17.6 Å². The zero-order chi connectivity index (χ0) is 15.3. The molecular formula is C13H15ClF3NO2. The molecule has 0 aliphatic heterocycles. The molecule has 1 N–H and O–H groups in total. The van der Waals surface area contributed by atoms with Crippen LogP contribution >= 0.6 is 11.6 Å². The summed E-state index contributed by atoms with van der Waals surface area (Å²) in [5, 5.41) is 8.77. The number of hydrogen-bond donors (Lipinski definition) is 1. The van der Waals surface area contributed by atoms with Crippen LogP contribution in [0.1, 0.15) is 24.5 Å². The van der Waals surface area contributed by atoms with Gasteiger partial charge in [-0.1, -0.05) is 18.5 Å². The number of halogens is 4. The van der Waals surface area contributed by atoms with Gasteiger partial charge in [-0.05, 0) is 36.7 Å². The maximum atomic E-state index is 12.7. The molecule has 0 saturated carbocycles. The first kappa shape index (κ1) is 16.8. The summed E-state index contributed by atoms with van der Waals surface area (Å²) in [5.74, 6) is -1.02. The molecule has 0 amide bonds. The van der Waals surface area contributed by atoms with E-state index in [2.05, 4.69) is 0 Å². The van der Waals surface area contributed by atoms with Gasteiger partial charge < -0.3 is 5.11 Å². The Bertz CT molecular complexity index is 477. The van der Waals surface area contributed by atoms with Crippen molar-refractivity contribution in [3.8, 4) is 0 Å². The van der Waals surface area contributed by atoms with Gasteiger partial charge in [0, 0.05) is 11.6 Å². The van der Waals surface area contributed by atoms with E-state index in [-0.39, 0.29) is 18.1 Å². The van der Waals surface area contributed by atoms with Crippen LogP contribution in [0.25, 0.3) is 0 Å². The van der Waals surface area contributed by atoms with Crippen LogP contribution in [0.3, 0.4) is 0 Å². The summed E-state index contributed by atoms with van der Waals surface area (Å²) in [6.45, 7) is 2.25. The molecule has 0 saturated heterocycles. The molecule has 3 nitrogen and oxygen atoms in total. The van der Waals surface area contributed by atoms with E-state index in [1.54, 1.807) is 4.90 Å². The van der Waals surface area contributed by atoms with E-state index in [4.69, 9.17) is 16.7 Å². The molecule has 0 unspecified atom stereocenters. The van der Waals surface area contributed by atoms with E-state index >= 15 is 0 Å². The van der Waals surface area contributed by atoms with Crippen LogP contribution in [0.5, 0.6) is 0 Å². The average Bonchev–Trinajstić information content (AvgIpc) is 2.26. The highest BCUT2D eigenvalue weighted by Gasteiger charge is 2.31. The van der Waals surface area contributed by atoms with Crippen molar-refractivity contribution in [1.29, 1.82) is 0 Å². The molecule has 1 aromatic rings. The SMILES string of the molecule is CCCN(CC(=O)O)Cc1cc(Cl)cc(C(F)(F)F)c1. The van der Waals surface area contributed by atoms with Crippen molar-refractivity contribution < 1.29 is 23.1 Å². The van der Waals surface area contributed by atoms with Gasteiger partial charge in [0.05, 0.1) is 12.1 Å². The van der Waals surface area contributed by atoms with E-state index in [1.807, 2.05) is 6.92 Å². The summed E-state index contributed by atoms with van der Waals surface area (Å²) in [6.07, 6.45) is -3.76. The van der Waals surface area contributed by atoms with Crippen LogP contribution in [-0.4, -0.2) is 29.1 Å².